The molecular formula is C19H27ClN4O2. The summed E-state index contributed by atoms with van der Waals surface area (Å²) in [5, 5.41) is 8.25. The highest BCUT2D eigenvalue weighted by Crippen LogP contribution is 2.41. The summed E-state index contributed by atoms with van der Waals surface area (Å²) in [6, 6.07) is 2.00. The summed E-state index contributed by atoms with van der Waals surface area (Å²) in [6.45, 7) is 4.70. The van der Waals surface area contributed by atoms with E-state index in [-0.39, 0.29) is 18.3 Å². The first-order chi connectivity index (χ1) is 12.2. The molecule has 1 aliphatic heterocycles. The number of rotatable bonds is 6. The number of halogens is 1. The van der Waals surface area contributed by atoms with Crippen LogP contribution < -0.4 is 5.32 Å². The number of aryl methyl sites for hydroxylation is 1. The number of likely N-dealkylation sites (tertiary alicyclic amines) is 1. The second-order valence-electron chi connectivity index (χ2n) is 7.39. The maximum absolute atomic E-state index is 13.3. The van der Waals surface area contributed by atoms with Crippen LogP contribution in [0, 0.1) is 5.92 Å². The van der Waals surface area contributed by atoms with Gasteiger partial charge in [-0.3, -0.25) is 4.79 Å². The van der Waals surface area contributed by atoms with Crippen molar-refractivity contribution >= 4 is 29.4 Å². The molecule has 2 aromatic heterocycles. The van der Waals surface area contributed by atoms with Crippen LogP contribution in [-0.4, -0.2) is 47.6 Å². The van der Waals surface area contributed by atoms with Gasteiger partial charge in [0.2, 0.25) is 0 Å². The van der Waals surface area contributed by atoms with Crippen molar-refractivity contribution in [2.45, 2.75) is 44.9 Å². The summed E-state index contributed by atoms with van der Waals surface area (Å²) >= 11 is 0. The summed E-state index contributed by atoms with van der Waals surface area (Å²) in [5.41, 5.74) is 3.12. The van der Waals surface area contributed by atoms with Crippen molar-refractivity contribution in [3.8, 4) is 0 Å². The van der Waals surface area contributed by atoms with Crippen molar-refractivity contribution in [3.63, 3.8) is 0 Å². The van der Waals surface area contributed by atoms with E-state index in [1.807, 2.05) is 18.0 Å². The zero-order valence-electron chi connectivity index (χ0n) is 15.5. The normalized spacial score (nSPS) is 19.8. The molecule has 1 atom stereocenters. The lowest BCUT2D eigenvalue weighted by molar-refractivity contribution is 0.0789. The molecule has 142 valence electrons. The van der Waals surface area contributed by atoms with Crippen LogP contribution in [0.1, 0.15) is 60.3 Å². The molecule has 1 aliphatic carbocycles. The Hall–Kier alpha value is -1.66. The quantitative estimate of drug-likeness (QED) is 0.835. The number of amides is 1. The van der Waals surface area contributed by atoms with Gasteiger partial charge in [-0.05, 0) is 51.3 Å². The molecule has 3 heterocycles. The number of nitrogens with one attached hydrogen (secondary N) is 1. The minimum Gasteiger partial charge on any atom is -0.338 e. The molecule has 4 rings (SSSR count). The van der Waals surface area contributed by atoms with E-state index in [2.05, 4.69) is 22.4 Å². The Bertz CT molecular complexity index is 787. The topological polar surface area (TPSA) is 71.3 Å². The molecule has 2 aromatic rings. The molecule has 1 saturated heterocycles. The second-order valence-corrected chi connectivity index (χ2v) is 7.39. The van der Waals surface area contributed by atoms with E-state index in [0.29, 0.717) is 17.5 Å². The fourth-order valence-electron chi connectivity index (χ4n) is 3.84. The Morgan fingerprint density at radius 1 is 1.38 bits per heavy atom. The summed E-state index contributed by atoms with van der Waals surface area (Å²) < 4.78 is 5.49. The Labute approximate surface area is 160 Å². The predicted octanol–water partition coefficient (Wildman–Crippen LogP) is 3.16. The van der Waals surface area contributed by atoms with Gasteiger partial charge in [-0.1, -0.05) is 18.5 Å². The minimum atomic E-state index is 0. The van der Waals surface area contributed by atoms with Crippen LogP contribution in [0.5, 0.6) is 0 Å². The van der Waals surface area contributed by atoms with E-state index in [9.17, 15) is 4.79 Å². The number of hydrogen-bond donors (Lipinski definition) is 1. The van der Waals surface area contributed by atoms with Gasteiger partial charge in [0, 0.05) is 24.7 Å². The molecule has 2 aliphatic rings. The van der Waals surface area contributed by atoms with Crippen molar-refractivity contribution in [1.82, 2.24) is 20.4 Å². The van der Waals surface area contributed by atoms with Crippen LogP contribution >= 0.6 is 12.4 Å². The number of nitrogens with zero attached hydrogens (tertiary/aromatic N) is 3. The van der Waals surface area contributed by atoms with Crippen LogP contribution in [-0.2, 0) is 6.42 Å². The summed E-state index contributed by atoms with van der Waals surface area (Å²) in [5.74, 6) is 1.12. The standard InChI is InChI=1S/C19H26N4O2.ClH/c1-3-4-15-17-14(19(24)23-8-7-12(11-23)10-20-2)9-16(13-5-6-13)21-18(17)25-22-15;/h9,12-13,20H,3-8,10-11H2,1-2H3;1H. The Morgan fingerprint density at radius 2 is 2.19 bits per heavy atom. The largest absolute Gasteiger partial charge is 0.338 e. The van der Waals surface area contributed by atoms with Gasteiger partial charge in [0.15, 0.2) is 0 Å². The molecule has 1 amide bonds. The van der Waals surface area contributed by atoms with Crippen LogP contribution in [0.25, 0.3) is 11.1 Å². The molecule has 0 aromatic carbocycles. The van der Waals surface area contributed by atoms with Crippen LogP contribution in [0.4, 0.5) is 0 Å². The molecule has 1 unspecified atom stereocenters. The Kier molecular flexibility index (Phi) is 5.82. The molecule has 0 bridgehead atoms. The average molecular weight is 379 g/mol. The predicted molar refractivity (Wildman–Crippen MR) is 103 cm³/mol. The molecule has 26 heavy (non-hydrogen) atoms. The second kappa shape index (κ2) is 7.92. The monoisotopic (exact) mass is 378 g/mol. The van der Waals surface area contributed by atoms with Gasteiger partial charge in [-0.25, -0.2) is 4.98 Å². The highest BCUT2D eigenvalue weighted by molar-refractivity contribution is 6.06. The van der Waals surface area contributed by atoms with Crippen molar-refractivity contribution in [3.05, 3.63) is 23.0 Å². The molecule has 7 heteroatoms. The molecule has 0 radical (unpaired) electrons. The van der Waals surface area contributed by atoms with E-state index in [1.165, 1.54) is 0 Å². The molecular weight excluding hydrogens is 352 g/mol. The zero-order valence-corrected chi connectivity index (χ0v) is 16.3. The number of carbonyl (C=O) groups excluding carboxylic acids is 1. The number of hydrogen-bond acceptors (Lipinski definition) is 5. The highest BCUT2D eigenvalue weighted by atomic mass is 35.5. The zero-order chi connectivity index (χ0) is 17.4. The summed E-state index contributed by atoms with van der Waals surface area (Å²) in [4.78, 5) is 19.9. The van der Waals surface area contributed by atoms with Crippen molar-refractivity contribution in [1.29, 1.82) is 0 Å². The van der Waals surface area contributed by atoms with Crippen LogP contribution in [0.2, 0.25) is 0 Å². The van der Waals surface area contributed by atoms with E-state index >= 15 is 0 Å². The Morgan fingerprint density at radius 3 is 2.88 bits per heavy atom. The number of fused-ring (bicyclic) bond motifs is 1. The highest BCUT2D eigenvalue weighted by Gasteiger charge is 2.32. The first kappa shape index (κ1) is 19.1. The van der Waals surface area contributed by atoms with Gasteiger partial charge in [0.05, 0.1) is 16.6 Å². The van der Waals surface area contributed by atoms with Gasteiger partial charge >= 0.3 is 0 Å². The third kappa shape index (κ3) is 3.58. The van der Waals surface area contributed by atoms with Crippen LogP contribution in [0.15, 0.2) is 10.6 Å². The molecule has 6 nitrogen and oxygen atoms in total. The van der Waals surface area contributed by atoms with Gasteiger partial charge in [-0.2, -0.15) is 0 Å². The summed E-state index contributed by atoms with van der Waals surface area (Å²) in [7, 11) is 1.97. The van der Waals surface area contributed by atoms with E-state index < -0.39 is 0 Å². The van der Waals surface area contributed by atoms with E-state index in [4.69, 9.17) is 4.52 Å². The molecule has 0 spiro atoms. The first-order valence-corrected chi connectivity index (χ1v) is 9.44. The molecule has 1 saturated carbocycles. The number of aromatic nitrogens is 2. The fraction of sp³-hybridized carbons (Fsp3) is 0.632. The summed E-state index contributed by atoms with van der Waals surface area (Å²) in [6.07, 6.45) is 5.13. The van der Waals surface area contributed by atoms with E-state index in [0.717, 1.165) is 74.1 Å². The third-order valence-electron chi connectivity index (χ3n) is 5.32. The van der Waals surface area contributed by atoms with Crippen molar-refractivity contribution < 1.29 is 9.32 Å². The van der Waals surface area contributed by atoms with Gasteiger partial charge < -0.3 is 14.7 Å². The number of pyridine rings is 1. The SMILES string of the molecule is CCCc1noc2nc(C3CC3)cc(C(=O)N3CCC(CNC)C3)c12.Cl. The van der Waals surface area contributed by atoms with Crippen LogP contribution in [0.3, 0.4) is 0 Å². The van der Waals surface area contributed by atoms with E-state index in [1.54, 1.807) is 0 Å². The fourth-order valence-corrected chi connectivity index (χ4v) is 3.84. The lowest BCUT2D eigenvalue weighted by Crippen LogP contribution is -2.30. The number of carbonyl (C=O) groups is 1. The maximum Gasteiger partial charge on any atom is 0.259 e. The average Bonchev–Trinajstić information content (AvgIpc) is 3.24. The maximum atomic E-state index is 13.3. The van der Waals surface area contributed by atoms with Gasteiger partial charge in [0.1, 0.15) is 0 Å². The lowest BCUT2D eigenvalue weighted by atomic mass is 10.0. The Balaban J connectivity index is 0.00000196. The first-order valence-electron chi connectivity index (χ1n) is 9.44. The lowest BCUT2D eigenvalue weighted by Gasteiger charge is -2.17. The third-order valence-corrected chi connectivity index (χ3v) is 5.32. The van der Waals surface area contributed by atoms with Crippen molar-refractivity contribution in [2.24, 2.45) is 5.92 Å². The van der Waals surface area contributed by atoms with Gasteiger partial charge in [0.25, 0.3) is 11.6 Å². The molecule has 2 fully saturated rings. The smallest absolute Gasteiger partial charge is 0.259 e. The minimum absolute atomic E-state index is 0. The van der Waals surface area contributed by atoms with Gasteiger partial charge in [-0.15, -0.1) is 12.4 Å². The molecule has 1 N–H and O–H groups in total. The van der Waals surface area contributed by atoms with Crippen molar-refractivity contribution in [2.75, 3.05) is 26.7 Å².